The van der Waals surface area contributed by atoms with E-state index in [1.807, 2.05) is 42.5 Å². The van der Waals surface area contributed by atoms with E-state index < -0.39 is 41.2 Å². The van der Waals surface area contributed by atoms with Gasteiger partial charge in [-0.25, -0.2) is 5.06 Å². The summed E-state index contributed by atoms with van der Waals surface area (Å²) in [5.41, 5.74) is -2.33. The van der Waals surface area contributed by atoms with Gasteiger partial charge in [-0.2, -0.15) is 0 Å². The van der Waals surface area contributed by atoms with Gasteiger partial charge in [0, 0.05) is 18.5 Å². The molecule has 1 amide bonds. The van der Waals surface area contributed by atoms with Crippen LogP contribution in [0.5, 0.6) is 11.5 Å². The van der Waals surface area contributed by atoms with Crippen molar-refractivity contribution in [2.45, 2.75) is 42.9 Å². The molecule has 0 aromatic heterocycles. The van der Waals surface area contributed by atoms with Gasteiger partial charge in [-0.15, -0.1) is 0 Å². The summed E-state index contributed by atoms with van der Waals surface area (Å²) in [4.78, 5) is 24.7. The molecule has 5 atom stereocenters. The Balaban J connectivity index is 1.79. The van der Waals surface area contributed by atoms with Gasteiger partial charge in [0.25, 0.3) is 5.91 Å². The molecule has 6 rings (SSSR count). The second-order valence-electron chi connectivity index (χ2n) is 10.7. The van der Waals surface area contributed by atoms with Crippen LogP contribution >= 0.6 is 0 Å². The number of hydroxylamine groups is 2. The minimum atomic E-state index is -2.02. The third-order valence-corrected chi connectivity index (χ3v) is 8.77. The van der Waals surface area contributed by atoms with E-state index in [0.717, 1.165) is 10.6 Å². The number of amides is 1. The minimum absolute atomic E-state index is 0.279. The molecular formula is C31H33N3O7. The highest BCUT2D eigenvalue weighted by Crippen LogP contribution is 2.74. The van der Waals surface area contributed by atoms with Crippen LogP contribution in [0.25, 0.3) is 0 Å². The molecule has 3 aromatic carbocycles. The van der Waals surface area contributed by atoms with Crippen molar-refractivity contribution < 1.29 is 34.4 Å². The average Bonchev–Trinajstić information content (AvgIpc) is 3.51. The summed E-state index contributed by atoms with van der Waals surface area (Å²) >= 11 is 0. The molecule has 1 spiro atoms. The maximum Gasteiger partial charge on any atom is 0.254 e. The van der Waals surface area contributed by atoms with Crippen LogP contribution in [-0.2, 0) is 34.0 Å². The van der Waals surface area contributed by atoms with E-state index in [-0.39, 0.29) is 6.61 Å². The Kier molecular flexibility index (Phi) is 6.35. The lowest BCUT2D eigenvalue weighted by atomic mass is 9.68. The predicted molar refractivity (Wildman–Crippen MR) is 149 cm³/mol. The molecule has 3 aromatic rings. The van der Waals surface area contributed by atoms with Crippen molar-refractivity contribution in [2.75, 3.05) is 21.3 Å². The van der Waals surface area contributed by atoms with E-state index >= 15 is 0 Å². The van der Waals surface area contributed by atoms with Crippen molar-refractivity contribution in [3.8, 4) is 11.5 Å². The smallest absolute Gasteiger partial charge is 0.254 e. The number of nitrogens with zero attached hydrogens (tertiary/aromatic N) is 2. The van der Waals surface area contributed by atoms with Gasteiger partial charge in [0.15, 0.2) is 16.9 Å². The number of carbonyl (C=O) groups excluding carboxylic acids is 1. The summed E-state index contributed by atoms with van der Waals surface area (Å²) < 4.78 is 12.5. The molecule has 1 saturated carbocycles. The number of aliphatic hydroxyl groups is 3. The van der Waals surface area contributed by atoms with Crippen LogP contribution in [0.3, 0.4) is 0 Å². The van der Waals surface area contributed by atoms with Gasteiger partial charge in [-0.3, -0.25) is 14.6 Å². The van der Waals surface area contributed by atoms with Crippen molar-refractivity contribution in [1.82, 2.24) is 10.4 Å². The predicted octanol–water partition coefficient (Wildman–Crippen LogP) is 2.31. The van der Waals surface area contributed by atoms with Crippen molar-refractivity contribution in [2.24, 2.45) is 10.9 Å². The number of methoxy groups -OCH3 is 1. The molecule has 41 heavy (non-hydrogen) atoms. The number of aliphatic hydroxyl groups excluding tert-OH is 2. The monoisotopic (exact) mass is 559 g/mol. The number of aliphatic imine (C=N–C) groups is 1. The maximum absolute atomic E-state index is 14.3. The van der Waals surface area contributed by atoms with Crippen LogP contribution in [0.2, 0.25) is 0 Å². The number of rotatable bonds is 7. The molecular weight excluding hydrogens is 526 g/mol. The van der Waals surface area contributed by atoms with Crippen LogP contribution < -0.4 is 14.8 Å². The highest BCUT2D eigenvalue weighted by Gasteiger charge is 2.86. The number of ether oxygens (including phenoxy) is 2. The topological polar surface area (TPSA) is 133 Å². The Morgan fingerprint density at radius 2 is 1.78 bits per heavy atom. The highest BCUT2D eigenvalue weighted by molar-refractivity contribution is 5.91. The van der Waals surface area contributed by atoms with Crippen LogP contribution in [0, 0.1) is 5.92 Å². The summed E-state index contributed by atoms with van der Waals surface area (Å²) in [5.74, 6) is -1.05. The molecule has 4 N–H and O–H groups in total. The van der Waals surface area contributed by atoms with Crippen LogP contribution in [0.15, 0.2) is 71.7 Å². The third-order valence-electron chi connectivity index (χ3n) is 8.77. The number of carbonyl (C=O) groups is 1. The fourth-order valence-electron chi connectivity index (χ4n) is 7.27. The molecule has 1 aliphatic carbocycles. The van der Waals surface area contributed by atoms with Gasteiger partial charge in [0.05, 0.1) is 33.3 Å². The Morgan fingerprint density at radius 1 is 1.07 bits per heavy atom. The molecule has 0 saturated heterocycles. The number of amidine groups is 1. The van der Waals surface area contributed by atoms with Gasteiger partial charge < -0.3 is 30.1 Å². The van der Waals surface area contributed by atoms with Crippen molar-refractivity contribution in [3.05, 3.63) is 94.5 Å². The summed E-state index contributed by atoms with van der Waals surface area (Å²) in [5, 5.41) is 38.0. The normalized spacial score (nSPS) is 29.1. The van der Waals surface area contributed by atoms with E-state index in [1.54, 1.807) is 38.3 Å². The second-order valence-corrected chi connectivity index (χ2v) is 10.7. The van der Waals surface area contributed by atoms with Gasteiger partial charge >= 0.3 is 0 Å². The van der Waals surface area contributed by atoms with Gasteiger partial charge in [-0.1, -0.05) is 48.5 Å². The zero-order valence-electron chi connectivity index (χ0n) is 23.3. The quantitative estimate of drug-likeness (QED) is 0.324. The van der Waals surface area contributed by atoms with E-state index in [9.17, 15) is 20.1 Å². The summed E-state index contributed by atoms with van der Waals surface area (Å²) in [6.45, 7) is 1.04. The Hall–Kier alpha value is -3.96. The number of hydrogen-bond donors (Lipinski definition) is 4. The van der Waals surface area contributed by atoms with E-state index in [1.165, 1.54) is 14.2 Å². The molecule has 214 valence electrons. The van der Waals surface area contributed by atoms with Crippen molar-refractivity contribution >= 4 is 11.7 Å². The molecule has 3 aliphatic rings. The van der Waals surface area contributed by atoms with Crippen molar-refractivity contribution in [3.63, 3.8) is 0 Å². The largest absolute Gasteiger partial charge is 0.497 e. The third kappa shape index (κ3) is 3.39. The van der Waals surface area contributed by atoms with Gasteiger partial charge in [0.2, 0.25) is 0 Å². The number of benzene rings is 3. The standard InChI is InChI=1S/C31H33N3O7/c1-18-32-30-25-21(17-36)14-19(16-35)15-24(25)41-29(30,22-10-12-23(39-3)13-11-22)26(20-8-6-5-7-9-20)27(31(30,38)33-18)28(37)34(2)40-4/h5-15,26-27,35-36,38H,16-17H2,1-4H3,(H,32,33)/t26-,27+,29+,30-,31-/m1/s1. The van der Waals surface area contributed by atoms with Crippen LogP contribution in [0.1, 0.15) is 40.7 Å². The molecule has 10 nitrogen and oxygen atoms in total. The van der Waals surface area contributed by atoms with E-state index in [4.69, 9.17) is 19.3 Å². The lowest BCUT2D eigenvalue weighted by molar-refractivity contribution is -0.184. The van der Waals surface area contributed by atoms with E-state index in [2.05, 4.69) is 5.32 Å². The molecule has 0 bridgehead atoms. The molecule has 2 heterocycles. The first-order valence-corrected chi connectivity index (χ1v) is 13.4. The van der Waals surface area contributed by atoms with Crippen LogP contribution in [-0.4, -0.2) is 59.1 Å². The fourth-order valence-corrected chi connectivity index (χ4v) is 7.27. The summed E-state index contributed by atoms with van der Waals surface area (Å²) in [6.07, 6.45) is 0. The molecule has 10 heteroatoms. The lowest BCUT2D eigenvalue weighted by Crippen LogP contribution is -2.62. The zero-order chi connectivity index (χ0) is 29.2. The maximum atomic E-state index is 14.3. The average molecular weight is 560 g/mol. The first-order valence-electron chi connectivity index (χ1n) is 13.4. The Morgan fingerprint density at radius 3 is 2.39 bits per heavy atom. The molecule has 1 fully saturated rings. The number of fused-ring (bicyclic) bond motifs is 1. The zero-order valence-corrected chi connectivity index (χ0v) is 23.3. The van der Waals surface area contributed by atoms with Gasteiger partial charge in [-0.05, 0) is 47.4 Å². The fraction of sp³-hybridized carbons (Fsp3) is 0.355. The van der Waals surface area contributed by atoms with Gasteiger partial charge in [0.1, 0.15) is 17.4 Å². The summed E-state index contributed by atoms with van der Waals surface area (Å²) in [6, 6.07) is 20.1. The summed E-state index contributed by atoms with van der Waals surface area (Å²) in [7, 11) is 4.46. The minimum Gasteiger partial charge on any atom is -0.497 e. The SMILES string of the molecule is COc1ccc([C@@]23Oc4cc(CO)cc(CO)c4[C@@]24N=C(C)N[C@@]4(O)[C@H](C(=O)N(C)OC)[C@H]3c2ccccc2)cc1. The van der Waals surface area contributed by atoms with Crippen LogP contribution in [0.4, 0.5) is 0 Å². The highest BCUT2D eigenvalue weighted by atomic mass is 16.7. The van der Waals surface area contributed by atoms with Crippen molar-refractivity contribution in [1.29, 1.82) is 0 Å². The molecule has 0 unspecified atom stereocenters. The lowest BCUT2D eigenvalue weighted by Gasteiger charge is -2.42. The Bertz CT molecular complexity index is 1530. The molecule has 0 radical (unpaired) electrons. The second kappa shape index (κ2) is 9.56. The number of nitrogens with one attached hydrogen (secondary N) is 1. The first-order chi connectivity index (χ1) is 19.7. The number of hydrogen-bond acceptors (Lipinski definition) is 9. The first kappa shape index (κ1) is 27.2. The van der Waals surface area contributed by atoms with E-state index in [0.29, 0.717) is 39.6 Å². The molecule has 2 aliphatic heterocycles. The Labute approximate surface area is 237 Å².